The van der Waals surface area contributed by atoms with E-state index in [4.69, 9.17) is 5.73 Å². The molecule has 0 saturated heterocycles. The molecule has 0 bridgehead atoms. The minimum atomic E-state index is -4.69. The van der Waals surface area contributed by atoms with Gasteiger partial charge in [0.2, 0.25) is 0 Å². The molecule has 0 aliphatic rings. The Morgan fingerprint density at radius 1 is 1.25 bits per heavy atom. The molecule has 2 N–H and O–H groups in total. The molecule has 0 radical (unpaired) electrons. The molecule has 6 heteroatoms. The Kier molecular flexibility index (Phi) is 3.85. The fourth-order valence-electron chi connectivity index (χ4n) is 1.35. The fourth-order valence-corrected chi connectivity index (χ4v) is 1.35. The number of nitrogens with two attached hydrogens (primary N) is 1. The standard InChI is InChI=1S/C10H10F5N/c11-6-1-2-8(10(13,14)15)7(5-6)9(12)3-4-16/h1-2,5,9H,3-4,16H2. The summed E-state index contributed by atoms with van der Waals surface area (Å²) < 4.78 is 63.5. The lowest BCUT2D eigenvalue weighted by Crippen LogP contribution is -2.13. The van der Waals surface area contributed by atoms with Gasteiger partial charge in [-0.15, -0.1) is 0 Å². The lowest BCUT2D eigenvalue weighted by molar-refractivity contribution is -0.138. The van der Waals surface area contributed by atoms with Crippen molar-refractivity contribution in [2.75, 3.05) is 6.54 Å². The summed E-state index contributed by atoms with van der Waals surface area (Å²) in [4.78, 5) is 0. The molecule has 1 unspecified atom stereocenters. The molecule has 0 amide bonds. The van der Waals surface area contributed by atoms with Crippen LogP contribution in [0.4, 0.5) is 22.0 Å². The van der Waals surface area contributed by atoms with E-state index in [1.165, 1.54) is 0 Å². The Bertz CT molecular complexity index is 361. The first-order chi connectivity index (χ1) is 7.36. The molecule has 1 rings (SSSR count). The number of alkyl halides is 4. The van der Waals surface area contributed by atoms with Crippen molar-refractivity contribution < 1.29 is 22.0 Å². The molecule has 0 heterocycles. The van der Waals surface area contributed by atoms with Crippen molar-refractivity contribution >= 4 is 0 Å². The second kappa shape index (κ2) is 4.78. The molecule has 1 nitrogen and oxygen atoms in total. The van der Waals surface area contributed by atoms with Gasteiger partial charge in [0, 0.05) is 5.56 Å². The van der Waals surface area contributed by atoms with Crippen LogP contribution in [0.1, 0.15) is 23.7 Å². The predicted octanol–water partition coefficient (Wildman–Crippen LogP) is 3.20. The highest BCUT2D eigenvalue weighted by Crippen LogP contribution is 2.36. The molecule has 0 aromatic heterocycles. The number of benzene rings is 1. The molecule has 0 saturated carbocycles. The smallest absolute Gasteiger partial charge is 0.330 e. The molecule has 0 aliphatic heterocycles. The third-order valence-corrected chi connectivity index (χ3v) is 2.08. The van der Waals surface area contributed by atoms with Crippen LogP contribution in [0.2, 0.25) is 0 Å². The molecule has 0 aliphatic carbocycles. The van der Waals surface area contributed by atoms with Crippen molar-refractivity contribution in [3.63, 3.8) is 0 Å². The summed E-state index contributed by atoms with van der Waals surface area (Å²) in [6.45, 7) is -0.102. The van der Waals surface area contributed by atoms with E-state index >= 15 is 0 Å². The Morgan fingerprint density at radius 2 is 1.88 bits per heavy atom. The highest BCUT2D eigenvalue weighted by Gasteiger charge is 2.35. The lowest BCUT2D eigenvalue weighted by Gasteiger charge is -2.15. The Labute approximate surface area is 89.1 Å². The van der Waals surface area contributed by atoms with Gasteiger partial charge in [-0.05, 0) is 31.2 Å². The molecule has 16 heavy (non-hydrogen) atoms. The van der Waals surface area contributed by atoms with Gasteiger partial charge in [-0.3, -0.25) is 0 Å². The SMILES string of the molecule is NCCC(F)c1cc(F)ccc1C(F)(F)F. The number of hydrogen-bond donors (Lipinski definition) is 1. The molecule has 0 fully saturated rings. The molecular weight excluding hydrogens is 229 g/mol. The average Bonchev–Trinajstić information content (AvgIpc) is 2.16. The predicted molar refractivity (Wildman–Crippen MR) is 48.9 cm³/mol. The molecular formula is C10H10F5N. The highest BCUT2D eigenvalue weighted by molar-refractivity contribution is 5.32. The van der Waals surface area contributed by atoms with Gasteiger partial charge in [0.25, 0.3) is 0 Å². The van der Waals surface area contributed by atoms with Gasteiger partial charge in [-0.2, -0.15) is 13.2 Å². The monoisotopic (exact) mass is 239 g/mol. The lowest BCUT2D eigenvalue weighted by atomic mass is 10.0. The molecule has 0 spiro atoms. The van der Waals surface area contributed by atoms with Crippen LogP contribution in [0, 0.1) is 5.82 Å². The molecule has 1 aromatic carbocycles. The zero-order valence-electron chi connectivity index (χ0n) is 8.19. The van der Waals surface area contributed by atoms with E-state index in [9.17, 15) is 22.0 Å². The van der Waals surface area contributed by atoms with E-state index in [2.05, 4.69) is 0 Å². The van der Waals surface area contributed by atoms with Crippen LogP contribution in [0.5, 0.6) is 0 Å². The Morgan fingerprint density at radius 3 is 2.38 bits per heavy atom. The van der Waals surface area contributed by atoms with Gasteiger partial charge >= 0.3 is 6.18 Å². The third-order valence-electron chi connectivity index (χ3n) is 2.08. The quantitative estimate of drug-likeness (QED) is 0.805. The van der Waals surface area contributed by atoms with E-state index < -0.39 is 29.3 Å². The summed E-state index contributed by atoms with van der Waals surface area (Å²) in [5.74, 6) is -0.900. The minimum Gasteiger partial charge on any atom is -0.330 e. The van der Waals surface area contributed by atoms with Crippen LogP contribution >= 0.6 is 0 Å². The number of halogens is 5. The van der Waals surface area contributed by atoms with Crippen LogP contribution in [0.15, 0.2) is 18.2 Å². The molecule has 90 valence electrons. The second-order valence-electron chi connectivity index (χ2n) is 3.27. The van der Waals surface area contributed by atoms with E-state index in [1.807, 2.05) is 0 Å². The second-order valence-corrected chi connectivity index (χ2v) is 3.27. The molecule has 1 atom stereocenters. The summed E-state index contributed by atoms with van der Waals surface area (Å²) in [5.41, 5.74) is 3.20. The highest BCUT2D eigenvalue weighted by atomic mass is 19.4. The Balaban J connectivity index is 3.18. The van der Waals surface area contributed by atoms with Gasteiger partial charge in [-0.1, -0.05) is 0 Å². The van der Waals surface area contributed by atoms with Crippen molar-refractivity contribution in [3.8, 4) is 0 Å². The van der Waals surface area contributed by atoms with Crippen LogP contribution in [0.3, 0.4) is 0 Å². The zero-order valence-corrected chi connectivity index (χ0v) is 8.19. The number of hydrogen-bond acceptors (Lipinski definition) is 1. The number of rotatable bonds is 3. The third kappa shape index (κ3) is 2.91. The normalized spacial score (nSPS) is 13.9. The van der Waals surface area contributed by atoms with Crippen molar-refractivity contribution in [2.24, 2.45) is 5.73 Å². The van der Waals surface area contributed by atoms with Crippen molar-refractivity contribution in [1.82, 2.24) is 0 Å². The van der Waals surface area contributed by atoms with Crippen LogP contribution in [0.25, 0.3) is 0 Å². The maximum atomic E-state index is 13.4. The van der Waals surface area contributed by atoms with Crippen LogP contribution < -0.4 is 5.73 Å². The fraction of sp³-hybridized carbons (Fsp3) is 0.400. The van der Waals surface area contributed by atoms with Gasteiger partial charge in [0.15, 0.2) is 0 Å². The minimum absolute atomic E-state index is 0.102. The first-order valence-electron chi connectivity index (χ1n) is 4.57. The first kappa shape index (κ1) is 12.9. The van der Waals surface area contributed by atoms with Crippen LogP contribution in [-0.2, 0) is 6.18 Å². The molecule has 1 aromatic rings. The largest absolute Gasteiger partial charge is 0.416 e. The summed E-state index contributed by atoms with van der Waals surface area (Å²) in [6.07, 6.45) is -6.87. The Hall–Kier alpha value is -1.17. The maximum Gasteiger partial charge on any atom is 0.416 e. The van der Waals surface area contributed by atoms with Gasteiger partial charge in [0.1, 0.15) is 12.0 Å². The summed E-state index contributed by atoms with van der Waals surface area (Å²) in [7, 11) is 0. The van der Waals surface area contributed by atoms with Crippen molar-refractivity contribution in [3.05, 3.63) is 35.1 Å². The summed E-state index contributed by atoms with van der Waals surface area (Å²) in [5, 5.41) is 0. The van der Waals surface area contributed by atoms with Gasteiger partial charge < -0.3 is 5.73 Å². The van der Waals surface area contributed by atoms with Gasteiger partial charge in [-0.25, -0.2) is 8.78 Å². The van der Waals surface area contributed by atoms with Crippen molar-refractivity contribution in [2.45, 2.75) is 18.8 Å². The van der Waals surface area contributed by atoms with E-state index in [0.29, 0.717) is 18.2 Å². The first-order valence-corrected chi connectivity index (χ1v) is 4.57. The van der Waals surface area contributed by atoms with Crippen molar-refractivity contribution in [1.29, 1.82) is 0 Å². The maximum absolute atomic E-state index is 13.4. The van der Waals surface area contributed by atoms with Gasteiger partial charge in [0.05, 0.1) is 5.56 Å². The zero-order chi connectivity index (χ0) is 12.3. The van der Waals surface area contributed by atoms with E-state index in [1.54, 1.807) is 0 Å². The summed E-state index contributed by atoms with van der Waals surface area (Å²) >= 11 is 0. The van der Waals surface area contributed by atoms with E-state index in [-0.39, 0.29) is 13.0 Å². The van der Waals surface area contributed by atoms with Crippen LogP contribution in [-0.4, -0.2) is 6.54 Å². The topological polar surface area (TPSA) is 26.0 Å². The summed E-state index contributed by atoms with van der Waals surface area (Å²) in [6, 6.07) is 1.75. The van der Waals surface area contributed by atoms with E-state index in [0.717, 1.165) is 0 Å². The average molecular weight is 239 g/mol.